The molecule has 11 heteroatoms. The van der Waals surface area contributed by atoms with Crippen molar-refractivity contribution in [2.45, 2.75) is 19.0 Å². The van der Waals surface area contributed by atoms with Crippen molar-refractivity contribution in [3.63, 3.8) is 0 Å². The van der Waals surface area contributed by atoms with Gasteiger partial charge in [-0.15, -0.1) is 0 Å². The van der Waals surface area contributed by atoms with Crippen LogP contribution in [0.2, 0.25) is 0 Å². The summed E-state index contributed by atoms with van der Waals surface area (Å²) in [6.07, 6.45) is -2.79. The van der Waals surface area contributed by atoms with Gasteiger partial charge in [0.2, 0.25) is 5.91 Å². The number of hydrogen-bond donors (Lipinski definition) is 1. The van der Waals surface area contributed by atoms with Crippen molar-refractivity contribution in [1.82, 2.24) is 4.90 Å². The van der Waals surface area contributed by atoms with Crippen molar-refractivity contribution < 1.29 is 22.9 Å². The van der Waals surface area contributed by atoms with Gasteiger partial charge in [0.15, 0.2) is 0 Å². The van der Waals surface area contributed by atoms with E-state index in [4.69, 9.17) is 12.2 Å². The summed E-state index contributed by atoms with van der Waals surface area (Å²) in [5.74, 6) is -0.797. The lowest BCUT2D eigenvalue weighted by molar-refractivity contribution is -0.385. The number of nitro benzene ring substituents is 1. The number of anilines is 1. The standard InChI is InChI=1S/C14H14F3N3O3S2/c15-14(16,17)10-7-9(20(22)23)3-4-11(10)18-12(21)8-25-13(24)19-5-1-2-6-19/h3-4,7H,1-2,5-6,8H2,(H,18,21). The molecule has 0 bridgehead atoms. The molecule has 1 amide bonds. The van der Waals surface area contributed by atoms with E-state index in [9.17, 15) is 28.1 Å². The largest absolute Gasteiger partial charge is 0.418 e. The molecule has 0 aromatic heterocycles. The number of rotatable bonds is 4. The van der Waals surface area contributed by atoms with Gasteiger partial charge in [0.25, 0.3) is 5.69 Å². The third-order valence-corrected chi connectivity index (χ3v) is 5.01. The first kappa shape index (κ1) is 19.4. The van der Waals surface area contributed by atoms with Crippen molar-refractivity contribution in [2.24, 2.45) is 0 Å². The fourth-order valence-electron chi connectivity index (χ4n) is 2.29. The Bertz CT molecular complexity index is 692. The molecule has 1 saturated heterocycles. The van der Waals surface area contributed by atoms with E-state index in [1.807, 2.05) is 4.90 Å². The highest BCUT2D eigenvalue weighted by atomic mass is 32.2. The number of nitrogens with one attached hydrogen (secondary N) is 1. The second kappa shape index (κ2) is 8.00. The number of benzene rings is 1. The van der Waals surface area contributed by atoms with Crippen LogP contribution in [0.15, 0.2) is 18.2 Å². The molecule has 1 aromatic rings. The molecule has 1 aliphatic heterocycles. The van der Waals surface area contributed by atoms with E-state index in [2.05, 4.69) is 5.32 Å². The summed E-state index contributed by atoms with van der Waals surface area (Å²) < 4.78 is 39.7. The molecule has 136 valence electrons. The molecule has 0 unspecified atom stereocenters. The number of nitrogens with zero attached hydrogens (tertiary/aromatic N) is 2. The fraction of sp³-hybridized carbons (Fsp3) is 0.429. The number of likely N-dealkylation sites (tertiary alicyclic amines) is 1. The Balaban J connectivity index is 2.04. The molecule has 25 heavy (non-hydrogen) atoms. The summed E-state index contributed by atoms with van der Waals surface area (Å²) in [6.45, 7) is 1.63. The van der Waals surface area contributed by atoms with Crippen LogP contribution in [0.1, 0.15) is 18.4 Å². The van der Waals surface area contributed by atoms with Crippen LogP contribution in [0.4, 0.5) is 24.5 Å². The predicted molar refractivity (Wildman–Crippen MR) is 92.6 cm³/mol. The van der Waals surface area contributed by atoms with Gasteiger partial charge in [-0.2, -0.15) is 13.2 Å². The summed E-state index contributed by atoms with van der Waals surface area (Å²) in [5, 5.41) is 12.8. The van der Waals surface area contributed by atoms with Crippen LogP contribution >= 0.6 is 24.0 Å². The highest BCUT2D eigenvalue weighted by Crippen LogP contribution is 2.37. The van der Waals surface area contributed by atoms with Gasteiger partial charge in [-0.05, 0) is 18.9 Å². The molecular formula is C14H14F3N3O3S2. The molecular weight excluding hydrogens is 379 g/mol. The predicted octanol–water partition coefficient (Wildman–Crippen LogP) is 3.67. The first-order valence-corrected chi connectivity index (χ1v) is 8.65. The molecule has 0 aliphatic carbocycles. The summed E-state index contributed by atoms with van der Waals surface area (Å²) in [4.78, 5) is 23.6. The Morgan fingerprint density at radius 2 is 2.00 bits per heavy atom. The number of hydrogen-bond acceptors (Lipinski definition) is 5. The first-order valence-electron chi connectivity index (χ1n) is 7.25. The van der Waals surface area contributed by atoms with E-state index in [-0.39, 0.29) is 5.75 Å². The molecule has 1 N–H and O–H groups in total. The van der Waals surface area contributed by atoms with Crippen molar-refractivity contribution in [3.05, 3.63) is 33.9 Å². The third kappa shape index (κ3) is 5.30. The normalized spacial score (nSPS) is 14.4. The van der Waals surface area contributed by atoms with Gasteiger partial charge in [0, 0.05) is 25.2 Å². The quantitative estimate of drug-likeness (QED) is 0.478. The van der Waals surface area contributed by atoms with Crippen molar-refractivity contribution in [2.75, 3.05) is 24.2 Å². The van der Waals surface area contributed by atoms with Gasteiger partial charge in [0.1, 0.15) is 4.32 Å². The Morgan fingerprint density at radius 3 is 2.56 bits per heavy atom. The number of amides is 1. The van der Waals surface area contributed by atoms with Gasteiger partial charge in [-0.3, -0.25) is 14.9 Å². The SMILES string of the molecule is O=C(CSC(=S)N1CCCC1)Nc1ccc([N+](=O)[O-])cc1C(F)(F)F. The maximum absolute atomic E-state index is 13.1. The fourth-order valence-corrected chi connectivity index (χ4v) is 3.35. The number of carbonyl (C=O) groups is 1. The molecule has 1 aromatic carbocycles. The monoisotopic (exact) mass is 393 g/mol. The zero-order valence-electron chi connectivity index (χ0n) is 12.8. The number of thioether (sulfide) groups is 1. The van der Waals surface area contributed by atoms with E-state index >= 15 is 0 Å². The van der Waals surface area contributed by atoms with Gasteiger partial charge < -0.3 is 10.2 Å². The average Bonchev–Trinajstić information content (AvgIpc) is 3.06. The second-order valence-corrected chi connectivity index (χ2v) is 6.89. The maximum atomic E-state index is 13.1. The lowest BCUT2D eigenvalue weighted by Crippen LogP contribution is -2.25. The van der Waals surface area contributed by atoms with Crippen LogP contribution < -0.4 is 5.32 Å². The van der Waals surface area contributed by atoms with Crippen LogP contribution in [0.25, 0.3) is 0 Å². The van der Waals surface area contributed by atoms with Crippen molar-refractivity contribution in [1.29, 1.82) is 0 Å². The molecule has 0 radical (unpaired) electrons. The van der Waals surface area contributed by atoms with Gasteiger partial charge >= 0.3 is 6.18 Å². The molecule has 1 fully saturated rings. The molecule has 1 aliphatic rings. The summed E-state index contributed by atoms with van der Waals surface area (Å²) in [7, 11) is 0. The van der Waals surface area contributed by atoms with E-state index in [1.165, 1.54) is 0 Å². The van der Waals surface area contributed by atoms with E-state index in [1.54, 1.807) is 0 Å². The number of halogens is 3. The molecule has 0 atom stereocenters. The summed E-state index contributed by atoms with van der Waals surface area (Å²) in [6, 6.07) is 2.19. The van der Waals surface area contributed by atoms with Gasteiger partial charge in [0.05, 0.1) is 21.9 Å². The van der Waals surface area contributed by atoms with Crippen LogP contribution in [0, 0.1) is 10.1 Å². The summed E-state index contributed by atoms with van der Waals surface area (Å²) in [5.41, 5.74) is -2.48. The average molecular weight is 393 g/mol. The van der Waals surface area contributed by atoms with Gasteiger partial charge in [-0.1, -0.05) is 24.0 Å². The van der Waals surface area contributed by atoms with Gasteiger partial charge in [-0.25, -0.2) is 0 Å². The first-order chi connectivity index (χ1) is 11.7. The highest BCUT2D eigenvalue weighted by Gasteiger charge is 2.35. The molecule has 1 heterocycles. The Kier molecular flexibility index (Phi) is 6.22. The molecule has 6 nitrogen and oxygen atoms in total. The zero-order chi connectivity index (χ0) is 18.6. The Hall–Kier alpha value is -1.88. The second-order valence-electron chi connectivity index (χ2n) is 5.28. The third-order valence-electron chi connectivity index (χ3n) is 3.48. The number of non-ortho nitro benzene ring substituents is 1. The molecule has 0 spiro atoms. The Labute approximate surface area is 150 Å². The van der Waals surface area contributed by atoms with Crippen LogP contribution in [0.3, 0.4) is 0 Å². The van der Waals surface area contributed by atoms with E-state index in [0.717, 1.165) is 49.8 Å². The molecule has 0 saturated carbocycles. The smallest absolute Gasteiger partial charge is 0.358 e. The topological polar surface area (TPSA) is 75.5 Å². The Morgan fingerprint density at radius 1 is 1.36 bits per heavy atom. The number of alkyl halides is 3. The lowest BCUT2D eigenvalue weighted by atomic mass is 10.1. The maximum Gasteiger partial charge on any atom is 0.418 e. The van der Waals surface area contributed by atoms with Crippen LogP contribution in [-0.4, -0.2) is 38.9 Å². The minimum absolute atomic E-state index is 0.135. The van der Waals surface area contributed by atoms with Crippen molar-refractivity contribution in [3.8, 4) is 0 Å². The van der Waals surface area contributed by atoms with E-state index < -0.39 is 33.9 Å². The van der Waals surface area contributed by atoms with Crippen molar-refractivity contribution >= 4 is 45.6 Å². The highest BCUT2D eigenvalue weighted by molar-refractivity contribution is 8.23. The minimum atomic E-state index is -4.83. The lowest BCUT2D eigenvalue weighted by Gasteiger charge is -2.17. The van der Waals surface area contributed by atoms with Crippen LogP contribution in [-0.2, 0) is 11.0 Å². The minimum Gasteiger partial charge on any atom is -0.358 e. The van der Waals surface area contributed by atoms with Crippen LogP contribution in [0.5, 0.6) is 0 Å². The molecule has 2 rings (SSSR count). The summed E-state index contributed by atoms with van der Waals surface area (Å²) >= 11 is 6.26. The number of nitro groups is 1. The zero-order valence-corrected chi connectivity index (χ0v) is 14.5. The number of thiocarbonyl (C=S) groups is 1. The van der Waals surface area contributed by atoms with E-state index in [0.29, 0.717) is 10.4 Å². The number of carbonyl (C=O) groups excluding carboxylic acids is 1.